The molecule has 1 aromatic heterocycles. The van der Waals surface area contributed by atoms with Gasteiger partial charge in [0.1, 0.15) is 29.3 Å². The van der Waals surface area contributed by atoms with Crippen LogP contribution in [0, 0.1) is 11.3 Å². The van der Waals surface area contributed by atoms with Crippen molar-refractivity contribution in [3.8, 4) is 11.8 Å². The molecule has 3 aliphatic rings. The molecule has 2 saturated heterocycles. The maximum atomic E-state index is 13.6. The molecule has 3 heterocycles. The molecular weight excluding hydrogens is 475 g/mol. The van der Waals surface area contributed by atoms with E-state index in [1.807, 2.05) is 0 Å². The van der Waals surface area contributed by atoms with Gasteiger partial charge in [0.2, 0.25) is 5.91 Å². The number of carbonyl (C=O) groups excluding carboxylic acids is 2. The molecule has 0 bridgehead atoms. The number of amides is 2. The Morgan fingerprint density at radius 1 is 1.19 bits per heavy atom. The van der Waals surface area contributed by atoms with Crippen molar-refractivity contribution in [1.29, 1.82) is 5.26 Å². The van der Waals surface area contributed by atoms with E-state index in [4.69, 9.17) is 10.00 Å². The number of nitrogens with zero attached hydrogens (tertiary/aromatic N) is 4. The van der Waals surface area contributed by atoms with Gasteiger partial charge < -0.3 is 15.0 Å². The lowest BCUT2D eigenvalue weighted by molar-refractivity contribution is -0.138. The topological polar surface area (TPSA) is 98.6 Å². The third-order valence-electron chi connectivity index (χ3n) is 6.87. The molecule has 2 aliphatic heterocycles. The molecule has 1 spiro atoms. The summed E-state index contributed by atoms with van der Waals surface area (Å²) in [5.41, 5.74) is -2.37. The zero-order valence-corrected chi connectivity index (χ0v) is 19.1. The molecule has 2 amide bonds. The van der Waals surface area contributed by atoms with Crippen LogP contribution in [0.4, 0.5) is 24.5 Å². The Kier molecular flexibility index (Phi) is 5.62. The monoisotopic (exact) mass is 497 g/mol. The van der Waals surface area contributed by atoms with Crippen molar-refractivity contribution < 1.29 is 27.5 Å². The fourth-order valence-electron chi connectivity index (χ4n) is 4.98. The van der Waals surface area contributed by atoms with Crippen molar-refractivity contribution in [2.45, 2.75) is 49.9 Å². The van der Waals surface area contributed by atoms with Crippen LogP contribution in [0.5, 0.6) is 5.75 Å². The fraction of sp³-hybridized carbons (Fsp3) is 0.360. The summed E-state index contributed by atoms with van der Waals surface area (Å²) in [6.45, 7) is 4.59. The molecule has 36 heavy (non-hydrogen) atoms. The normalized spacial score (nSPS) is 21.3. The van der Waals surface area contributed by atoms with E-state index in [1.54, 1.807) is 29.2 Å². The highest BCUT2D eigenvalue weighted by Gasteiger charge is 2.59. The van der Waals surface area contributed by atoms with E-state index in [0.717, 1.165) is 23.6 Å². The Morgan fingerprint density at radius 2 is 1.92 bits per heavy atom. The van der Waals surface area contributed by atoms with Gasteiger partial charge in [0.05, 0.1) is 23.9 Å². The second-order valence-corrected chi connectivity index (χ2v) is 9.05. The van der Waals surface area contributed by atoms with Crippen LogP contribution in [-0.2, 0) is 15.8 Å². The highest BCUT2D eigenvalue weighted by atomic mass is 19.4. The van der Waals surface area contributed by atoms with E-state index >= 15 is 0 Å². The summed E-state index contributed by atoms with van der Waals surface area (Å²) < 4.78 is 46.5. The van der Waals surface area contributed by atoms with Crippen LogP contribution in [0.1, 0.15) is 43.4 Å². The minimum absolute atomic E-state index is 0.0623. The van der Waals surface area contributed by atoms with Gasteiger partial charge >= 0.3 is 6.18 Å². The SMILES string of the molecule is C=C1N(c2cnc(C#N)c(C(F)(F)F)c2)C(=O)C2(CCC2)N1c1ccc(OC2CCNC(=O)C2)cc1. The smallest absolute Gasteiger partial charge is 0.419 e. The fourth-order valence-corrected chi connectivity index (χ4v) is 4.98. The van der Waals surface area contributed by atoms with Crippen LogP contribution in [0.15, 0.2) is 48.9 Å². The molecule has 0 radical (unpaired) electrons. The van der Waals surface area contributed by atoms with Crippen molar-refractivity contribution in [2.24, 2.45) is 0 Å². The first-order valence-electron chi connectivity index (χ1n) is 11.5. The minimum Gasteiger partial charge on any atom is -0.490 e. The van der Waals surface area contributed by atoms with Gasteiger partial charge in [0.15, 0.2) is 5.69 Å². The number of anilines is 2. The molecule has 2 aromatic rings. The Balaban J connectivity index is 1.45. The van der Waals surface area contributed by atoms with Gasteiger partial charge in [0, 0.05) is 18.7 Å². The van der Waals surface area contributed by atoms with Gasteiger partial charge in [-0.15, -0.1) is 0 Å². The maximum Gasteiger partial charge on any atom is 0.419 e. The van der Waals surface area contributed by atoms with Gasteiger partial charge in [-0.05, 0) is 49.6 Å². The van der Waals surface area contributed by atoms with E-state index in [1.165, 1.54) is 6.07 Å². The molecular formula is C25H22F3N5O3. The van der Waals surface area contributed by atoms with E-state index < -0.39 is 23.0 Å². The van der Waals surface area contributed by atoms with Crippen molar-refractivity contribution in [2.75, 3.05) is 16.3 Å². The van der Waals surface area contributed by atoms with Crippen LogP contribution < -0.4 is 19.9 Å². The van der Waals surface area contributed by atoms with Gasteiger partial charge in [-0.2, -0.15) is 18.4 Å². The number of nitrogens with one attached hydrogen (secondary N) is 1. The number of rotatable bonds is 4. The summed E-state index contributed by atoms with van der Waals surface area (Å²) in [7, 11) is 0. The maximum absolute atomic E-state index is 13.6. The second kappa shape index (κ2) is 8.55. The summed E-state index contributed by atoms with van der Waals surface area (Å²) >= 11 is 0. The summed E-state index contributed by atoms with van der Waals surface area (Å²) in [5, 5.41) is 11.8. The first kappa shape index (κ1) is 23.7. The largest absolute Gasteiger partial charge is 0.490 e. The van der Waals surface area contributed by atoms with Crippen molar-refractivity contribution in [3.63, 3.8) is 0 Å². The number of nitriles is 1. The van der Waals surface area contributed by atoms with Crippen LogP contribution in [0.25, 0.3) is 0 Å². The van der Waals surface area contributed by atoms with Crippen molar-refractivity contribution in [1.82, 2.24) is 10.3 Å². The van der Waals surface area contributed by atoms with Gasteiger partial charge in [-0.25, -0.2) is 4.98 Å². The third-order valence-corrected chi connectivity index (χ3v) is 6.87. The molecule has 1 N–H and O–H groups in total. The predicted molar refractivity (Wildman–Crippen MR) is 123 cm³/mol. The Hall–Kier alpha value is -4.07. The summed E-state index contributed by atoms with van der Waals surface area (Å²) in [5.74, 6) is 0.330. The number of piperidine rings is 1. The number of hydrogen-bond acceptors (Lipinski definition) is 6. The lowest BCUT2D eigenvalue weighted by Crippen LogP contribution is -2.54. The number of alkyl halides is 3. The molecule has 186 valence electrons. The summed E-state index contributed by atoms with van der Waals surface area (Å²) in [4.78, 5) is 31.7. The Labute approximate surface area is 205 Å². The predicted octanol–water partition coefficient (Wildman–Crippen LogP) is 3.88. The number of pyridine rings is 1. The minimum atomic E-state index is -4.80. The molecule has 1 unspecified atom stereocenters. The first-order valence-corrected chi connectivity index (χ1v) is 11.5. The van der Waals surface area contributed by atoms with Gasteiger partial charge in [0.25, 0.3) is 5.91 Å². The average Bonchev–Trinajstić information content (AvgIpc) is 3.05. The lowest BCUT2D eigenvalue weighted by Gasteiger charge is -2.43. The van der Waals surface area contributed by atoms with E-state index in [-0.39, 0.29) is 35.8 Å². The lowest BCUT2D eigenvalue weighted by atomic mass is 9.75. The molecule has 1 saturated carbocycles. The van der Waals surface area contributed by atoms with Crippen LogP contribution in [-0.4, -0.2) is 35.0 Å². The quantitative estimate of drug-likeness (QED) is 0.689. The molecule has 3 fully saturated rings. The average molecular weight is 497 g/mol. The Morgan fingerprint density at radius 3 is 2.50 bits per heavy atom. The molecule has 5 rings (SSSR count). The zero-order chi connectivity index (χ0) is 25.7. The standard InChI is InChI=1S/C25H22F3N5O3/c1-15-32(17-11-20(25(26,27)28)21(13-29)31-14-17)23(35)24(8-2-9-24)33(15)16-3-5-18(6-4-16)36-19-7-10-30-22(34)12-19/h3-6,11,14,19H,1-2,7-10,12H2,(H,30,34). The Bertz CT molecular complexity index is 1280. The van der Waals surface area contributed by atoms with Crippen LogP contribution >= 0.6 is 0 Å². The number of hydrogen-bond donors (Lipinski definition) is 1. The van der Waals surface area contributed by atoms with E-state index in [0.29, 0.717) is 37.2 Å². The van der Waals surface area contributed by atoms with E-state index in [9.17, 15) is 22.8 Å². The molecule has 1 aromatic carbocycles. The molecule has 1 aliphatic carbocycles. The summed E-state index contributed by atoms with van der Waals surface area (Å²) in [6, 6.07) is 9.21. The van der Waals surface area contributed by atoms with Gasteiger partial charge in [-0.1, -0.05) is 6.58 Å². The number of aromatic nitrogens is 1. The number of ether oxygens (including phenoxy) is 1. The third kappa shape index (κ3) is 3.82. The molecule has 8 nitrogen and oxygen atoms in total. The highest BCUT2D eigenvalue weighted by Crippen LogP contribution is 2.50. The molecule has 11 heteroatoms. The van der Waals surface area contributed by atoms with Crippen molar-refractivity contribution in [3.05, 3.63) is 60.2 Å². The number of halogens is 3. The van der Waals surface area contributed by atoms with E-state index in [2.05, 4.69) is 16.9 Å². The summed E-state index contributed by atoms with van der Waals surface area (Å²) in [6.07, 6.45) is -1.15. The highest BCUT2D eigenvalue weighted by molar-refractivity contribution is 6.10. The number of carbonyl (C=O) groups is 2. The van der Waals surface area contributed by atoms with Crippen LogP contribution in [0.3, 0.4) is 0 Å². The van der Waals surface area contributed by atoms with Crippen molar-refractivity contribution >= 4 is 23.2 Å². The second-order valence-electron chi connectivity index (χ2n) is 9.05. The van der Waals surface area contributed by atoms with Crippen LogP contribution in [0.2, 0.25) is 0 Å². The van der Waals surface area contributed by atoms with Gasteiger partial charge in [-0.3, -0.25) is 14.5 Å². The number of benzene rings is 1. The zero-order valence-electron chi connectivity index (χ0n) is 19.1. The molecule has 1 atom stereocenters. The first-order chi connectivity index (χ1) is 17.1.